The van der Waals surface area contributed by atoms with Crippen LogP contribution in [0.25, 0.3) is 0 Å². The van der Waals surface area contributed by atoms with E-state index in [1.54, 1.807) is 19.1 Å². The van der Waals surface area contributed by atoms with Gasteiger partial charge in [-0.25, -0.2) is 0 Å². The molecular weight excluding hydrogens is 388 g/mol. The number of rotatable bonds is 9. The lowest BCUT2D eigenvalue weighted by molar-refractivity contribution is -0.140. The van der Waals surface area contributed by atoms with E-state index in [4.69, 9.17) is 4.74 Å². The first-order valence-electron chi connectivity index (χ1n) is 10.3. The van der Waals surface area contributed by atoms with Crippen molar-refractivity contribution in [2.24, 2.45) is 0 Å². The first-order valence-corrected chi connectivity index (χ1v) is 10.3. The molecule has 160 valence electrons. The Hall–Kier alpha value is -3.60. The summed E-state index contributed by atoms with van der Waals surface area (Å²) >= 11 is 0. The number of benzene rings is 3. The lowest BCUT2D eigenvalue weighted by Crippen LogP contribution is -2.50. The van der Waals surface area contributed by atoms with Crippen LogP contribution in [0, 0.1) is 0 Å². The van der Waals surface area contributed by atoms with Gasteiger partial charge in [0.05, 0.1) is 13.5 Å². The Balaban J connectivity index is 1.94. The molecule has 0 aliphatic rings. The molecule has 5 nitrogen and oxygen atoms in total. The van der Waals surface area contributed by atoms with Crippen molar-refractivity contribution in [1.82, 2.24) is 10.2 Å². The average molecular weight is 417 g/mol. The van der Waals surface area contributed by atoms with E-state index in [1.165, 1.54) is 0 Å². The topological polar surface area (TPSA) is 58.6 Å². The summed E-state index contributed by atoms with van der Waals surface area (Å²) in [7, 11) is 3.21. The molecule has 0 radical (unpaired) electrons. The highest BCUT2D eigenvalue weighted by Gasteiger charge is 2.29. The molecule has 0 aliphatic carbocycles. The van der Waals surface area contributed by atoms with Gasteiger partial charge in [0, 0.05) is 20.0 Å². The number of likely N-dealkylation sites (N-methyl/N-ethyl adjacent to an activating group) is 1. The van der Waals surface area contributed by atoms with Crippen LogP contribution in [-0.2, 0) is 29.0 Å². The molecule has 0 saturated heterocycles. The average Bonchev–Trinajstić information content (AvgIpc) is 2.82. The van der Waals surface area contributed by atoms with Crippen molar-refractivity contribution in [3.05, 3.63) is 102 Å². The Morgan fingerprint density at radius 3 is 2.10 bits per heavy atom. The van der Waals surface area contributed by atoms with Crippen LogP contribution in [-0.4, -0.2) is 36.9 Å². The van der Waals surface area contributed by atoms with E-state index >= 15 is 0 Å². The summed E-state index contributed by atoms with van der Waals surface area (Å²) in [5.41, 5.74) is 2.82. The molecule has 3 rings (SSSR count). The Kier molecular flexibility index (Phi) is 7.82. The summed E-state index contributed by atoms with van der Waals surface area (Å²) in [4.78, 5) is 28.0. The molecule has 2 amide bonds. The van der Waals surface area contributed by atoms with Crippen LogP contribution < -0.4 is 10.1 Å². The fraction of sp³-hybridized carbons (Fsp3) is 0.231. The monoisotopic (exact) mass is 416 g/mol. The first-order chi connectivity index (χ1) is 15.1. The Morgan fingerprint density at radius 2 is 1.48 bits per heavy atom. The summed E-state index contributed by atoms with van der Waals surface area (Å²) in [6, 6.07) is 26.3. The first kappa shape index (κ1) is 22.1. The van der Waals surface area contributed by atoms with Crippen molar-refractivity contribution in [3.63, 3.8) is 0 Å². The molecule has 0 aromatic heterocycles. The number of nitrogens with one attached hydrogen (secondary N) is 1. The SMILES string of the molecule is CNC(=O)C(Cc1ccccc1)N(Cc1cccc(OC)c1)C(=O)Cc1ccccc1. The van der Waals surface area contributed by atoms with Gasteiger partial charge in [0.2, 0.25) is 11.8 Å². The largest absolute Gasteiger partial charge is 0.497 e. The quantitative estimate of drug-likeness (QED) is 0.580. The lowest BCUT2D eigenvalue weighted by Gasteiger charge is -2.31. The Bertz CT molecular complexity index is 990. The minimum atomic E-state index is -0.630. The number of carbonyl (C=O) groups is 2. The van der Waals surface area contributed by atoms with Crippen molar-refractivity contribution in [2.45, 2.75) is 25.4 Å². The number of carbonyl (C=O) groups excluding carboxylic acids is 2. The number of hydrogen-bond acceptors (Lipinski definition) is 3. The van der Waals surface area contributed by atoms with Crippen molar-refractivity contribution >= 4 is 11.8 Å². The van der Waals surface area contributed by atoms with Gasteiger partial charge in [0.25, 0.3) is 0 Å². The van der Waals surface area contributed by atoms with Crippen LogP contribution in [0.15, 0.2) is 84.9 Å². The molecular formula is C26H28N2O3. The molecule has 0 spiro atoms. The molecule has 3 aromatic rings. The molecule has 0 heterocycles. The third-order valence-electron chi connectivity index (χ3n) is 5.20. The highest BCUT2D eigenvalue weighted by Crippen LogP contribution is 2.19. The normalized spacial score (nSPS) is 11.4. The molecule has 0 saturated carbocycles. The van der Waals surface area contributed by atoms with Gasteiger partial charge in [0.15, 0.2) is 0 Å². The van der Waals surface area contributed by atoms with Crippen LogP contribution in [0.2, 0.25) is 0 Å². The fourth-order valence-electron chi connectivity index (χ4n) is 3.56. The van der Waals surface area contributed by atoms with Crippen LogP contribution in [0.1, 0.15) is 16.7 Å². The maximum absolute atomic E-state index is 13.4. The van der Waals surface area contributed by atoms with Gasteiger partial charge < -0.3 is 15.0 Å². The van der Waals surface area contributed by atoms with Crippen LogP contribution in [0.4, 0.5) is 0 Å². The van der Waals surface area contributed by atoms with Gasteiger partial charge in [0.1, 0.15) is 11.8 Å². The zero-order valence-electron chi connectivity index (χ0n) is 18.0. The highest BCUT2D eigenvalue weighted by molar-refractivity contribution is 5.88. The minimum absolute atomic E-state index is 0.0986. The molecule has 0 aliphatic heterocycles. The van der Waals surface area contributed by atoms with E-state index in [2.05, 4.69) is 5.32 Å². The smallest absolute Gasteiger partial charge is 0.242 e. The van der Waals surface area contributed by atoms with Gasteiger partial charge in [-0.15, -0.1) is 0 Å². The van der Waals surface area contributed by atoms with Crippen molar-refractivity contribution < 1.29 is 14.3 Å². The Morgan fingerprint density at radius 1 is 0.871 bits per heavy atom. The number of ether oxygens (including phenoxy) is 1. The summed E-state index contributed by atoms with van der Waals surface area (Å²) in [5, 5.41) is 2.74. The van der Waals surface area contributed by atoms with E-state index < -0.39 is 6.04 Å². The van der Waals surface area contributed by atoms with Gasteiger partial charge in [-0.3, -0.25) is 9.59 Å². The van der Waals surface area contributed by atoms with E-state index in [0.29, 0.717) is 18.7 Å². The number of nitrogens with zero attached hydrogens (tertiary/aromatic N) is 1. The second-order valence-electron chi connectivity index (χ2n) is 7.36. The number of amides is 2. The third kappa shape index (κ3) is 6.19. The van der Waals surface area contributed by atoms with E-state index in [-0.39, 0.29) is 18.2 Å². The zero-order valence-corrected chi connectivity index (χ0v) is 18.0. The number of methoxy groups -OCH3 is 1. The molecule has 31 heavy (non-hydrogen) atoms. The van der Waals surface area contributed by atoms with Crippen LogP contribution in [0.3, 0.4) is 0 Å². The van der Waals surface area contributed by atoms with Gasteiger partial charge in [-0.2, -0.15) is 0 Å². The summed E-state index contributed by atoms with van der Waals surface area (Å²) in [5.74, 6) is 0.430. The third-order valence-corrected chi connectivity index (χ3v) is 5.20. The molecule has 3 aromatic carbocycles. The predicted molar refractivity (Wildman–Crippen MR) is 122 cm³/mol. The highest BCUT2D eigenvalue weighted by atomic mass is 16.5. The van der Waals surface area contributed by atoms with Crippen molar-refractivity contribution in [1.29, 1.82) is 0 Å². The maximum Gasteiger partial charge on any atom is 0.242 e. The van der Waals surface area contributed by atoms with E-state index in [9.17, 15) is 9.59 Å². The van der Waals surface area contributed by atoms with E-state index in [1.807, 2.05) is 84.9 Å². The zero-order chi connectivity index (χ0) is 22.1. The fourth-order valence-corrected chi connectivity index (χ4v) is 3.56. The molecule has 5 heteroatoms. The molecule has 0 bridgehead atoms. The van der Waals surface area contributed by atoms with Gasteiger partial charge in [-0.05, 0) is 28.8 Å². The van der Waals surface area contributed by atoms with Crippen molar-refractivity contribution in [2.75, 3.05) is 14.2 Å². The summed E-state index contributed by atoms with van der Waals surface area (Å²) in [6.07, 6.45) is 0.665. The second-order valence-corrected chi connectivity index (χ2v) is 7.36. The standard InChI is InChI=1S/C26H28N2O3/c1-27-26(30)24(17-20-10-5-3-6-11-20)28(19-22-14-9-15-23(16-22)31-2)25(29)18-21-12-7-4-8-13-21/h3-16,24H,17-19H2,1-2H3,(H,27,30). The van der Waals surface area contributed by atoms with Crippen molar-refractivity contribution in [3.8, 4) is 5.75 Å². The van der Waals surface area contributed by atoms with Crippen LogP contribution >= 0.6 is 0 Å². The van der Waals surface area contributed by atoms with Crippen LogP contribution in [0.5, 0.6) is 5.75 Å². The molecule has 1 atom stereocenters. The lowest BCUT2D eigenvalue weighted by atomic mass is 10.0. The molecule has 1 unspecified atom stereocenters. The second kappa shape index (κ2) is 11.0. The van der Waals surface area contributed by atoms with Gasteiger partial charge in [-0.1, -0.05) is 72.8 Å². The Labute approximate surface area is 183 Å². The van der Waals surface area contributed by atoms with E-state index in [0.717, 1.165) is 16.7 Å². The molecule has 0 fully saturated rings. The maximum atomic E-state index is 13.4. The minimum Gasteiger partial charge on any atom is -0.497 e. The summed E-state index contributed by atoms with van der Waals surface area (Å²) in [6.45, 7) is 0.313. The van der Waals surface area contributed by atoms with Gasteiger partial charge >= 0.3 is 0 Å². The number of hydrogen-bond donors (Lipinski definition) is 1. The molecule has 1 N–H and O–H groups in total. The predicted octanol–water partition coefficient (Wildman–Crippen LogP) is 3.62. The summed E-state index contributed by atoms with van der Waals surface area (Å²) < 4.78 is 5.33.